The van der Waals surface area contributed by atoms with Crippen molar-refractivity contribution >= 4 is 5.78 Å². The summed E-state index contributed by atoms with van der Waals surface area (Å²) in [5.41, 5.74) is 1.67. The first kappa shape index (κ1) is 11.2. The Bertz CT molecular complexity index is 274. The number of allylic oxidation sites excluding steroid dienone is 3. The summed E-state index contributed by atoms with van der Waals surface area (Å²) in [6, 6.07) is 0. The molecule has 2 nitrogen and oxygen atoms in total. The molecule has 1 atom stereocenters. The lowest BCUT2D eigenvalue weighted by Gasteiger charge is -2.00. The van der Waals surface area contributed by atoms with E-state index in [1.807, 2.05) is 13.0 Å². The molecule has 2 heteroatoms. The van der Waals surface area contributed by atoms with Gasteiger partial charge in [0, 0.05) is 12.0 Å². The minimum Gasteiger partial charge on any atom is -0.388 e. The highest BCUT2D eigenvalue weighted by molar-refractivity contribution is 5.99. The molecule has 0 spiro atoms. The Morgan fingerprint density at radius 1 is 1.50 bits per heavy atom. The Morgan fingerprint density at radius 3 is 2.71 bits per heavy atom. The summed E-state index contributed by atoms with van der Waals surface area (Å²) >= 11 is 0. The second-order valence-corrected chi connectivity index (χ2v) is 3.77. The minimum absolute atomic E-state index is 0.108. The molecule has 0 saturated heterocycles. The molecule has 0 fully saturated rings. The molecule has 0 radical (unpaired) electrons. The summed E-state index contributed by atoms with van der Waals surface area (Å²) in [6.45, 7) is 3.97. The smallest absolute Gasteiger partial charge is 0.162 e. The zero-order chi connectivity index (χ0) is 10.6. The average Bonchev–Trinajstić information content (AvgIpc) is 2.38. The van der Waals surface area contributed by atoms with Gasteiger partial charge in [-0.15, -0.1) is 0 Å². The van der Waals surface area contributed by atoms with Crippen molar-refractivity contribution in [2.24, 2.45) is 0 Å². The normalized spacial score (nSPS) is 22.8. The lowest BCUT2D eigenvalue weighted by Crippen LogP contribution is -2.03. The SMILES string of the molecule is CCC/C=C\CC1=C(C)[C@@H](O)CC1=O. The zero-order valence-electron chi connectivity index (χ0n) is 8.92. The van der Waals surface area contributed by atoms with Crippen LogP contribution in [0.1, 0.15) is 39.5 Å². The highest BCUT2D eigenvalue weighted by atomic mass is 16.3. The van der Waals surface area contributed by atoms with Crippen molar-refractivity contribution in [2.45, 2.75) is 45.6 Å². The highest BCUT2D eigenvalue weighted by Gasteiger charge is 2.26. The molecule has 1 aliphatic carbocycles. The fourth-order valence-electron chi connectivity index (χ4n) is 1.63. The molecule has 1 N–H and O–H groups in total. The molecular weight excluding hydrogens is 176 g/mol. The van der Waals surface area contributed by atoms with Crippen molar-refractivity contribution in [3.63, 3.8) is 0 Å². The van der Waals surface area contributed by atoms with Gasteiger partial charge in [-0.1, -0.05) is 25.5 Å². The van der Waals surface area contributed by atoms with Crippen LogP contribution in [0.3, 0.4) is 0 Å². The number of aliphatic hydroxyl groups is 1. The molecule has 0 bridgehead atoms. The van der Waals surface area contributed by atoms with Crippen molar-refractivity contribution in [3.8, 4) is 0 Å². The van der Waals surface area contributed by atoms with Crippen LogP contribution in [0, 0.1) is 0 Å². The van der Waals surface area contributed by atoms with E-state index in [0.29, 0.717) is 6.42 Å². The van der Waals surface area contributed by atoms with Gasteiger partial charge in [0.2, 0.25) is 0 Å². The Morgan fingerprint density at radius 2 is 2.21 bits per heavy atom. The Hall–Kier alpha value is -0.890. The summed E-state index contributed by atoms with van der Waals surface area (Å²) in [7, 11) is 0. The number of carbonyl (C=O) groups is 1. The third kappa shape index (κ3) is 2.55. The molecule has 0 aromatic carbocycles. The second kappa shape index (κ2) is 5.11. The first-order chi connectivity index (χ1) is 6.66. The third-order valence-corrected chi connectivity index (χ3v) is 2.64. The van der Waals surface area contributed by atoms with E-state index < -0.39 is 6.10 Å². The van der Waals surface area contributed by atoms with Gasteiger partial charge in [-0.3, -0.25) is 4.79 Å². The molecule has 0 amide bonds. The summed E-state index contributed by atoms with van der Waals surface area (Å²) < 4.78 is 0. The molecule has 78 valence electrons. The van der Waals surface area contributed by atoms with Crippen molar-refractivity contribution < 1.29 is 9.90 Å². The van der Waals surface area contributed by atoms with Crippen LogP contribution in [-0.4, -0.2) is 17.0 Å². The number of unbranched alkanes of at least 4 members (excludes halogenated alkanes) is 1. The van der Waals surface area contributed by atoms with Gasteiger partial charge >= 0.3 is 0 Å². The predicted molar refractivity (Wildman–Crippen MR) is 57.0 cm³/mol. The van der Waals surface area contributed by atoms with Crippen LogP contribution < -0.4 is 0 Å². The Kier molecular flexibility index (Phi) is 4.08. The number of rotatable bonds is 4. The number of hydrogen-bond donors (Lipinski definition) is 1. The quantitative estimate of drug-likeness (QED) is 0.698. The fraction of sp³-hybridized carbons (Fsp3) is 0.583. The van der Waals surface area contributed by atoms with E-state index in [0.717, 1.165) is 24.0 Å². The van der Waals surface area contributed by atoms with Crippen molar-refractivity contribution in [2.75, 3.05) is 0 Å². The van der Waals surface area contributed by atoms with E-state index in [1.54, 1.807) is 0 Å². The van der Waals surface area contributed by atoms with E-state index in [1.165, 1.54) is 0 Å². The van der Waals surface area contributed by atoms with E-state index in [-0.39, 0.29) is 12.2 Å². The monoisotopic (exact) mass is 194 g/mol. The van der Waals surface area contributed by atoms with Gasteiger partial charge in [0.05, 0.1) is 6.10 Å². The van der Waals surface area contributed by atoms with Gasteiger partial charge in [0.15, 0.2) is 5.78 Å². The molecule has 0 aliphatic heterocycles. The predicted octanol–water partition coefficient (Wildman–Crippen LogP) is 2.38. The van der Waals surface area contributed by atoms with Gasteiger partial charge in [-0.25, -0.2) is 0 Å². The minimum atomic E-state index is -0.530. The molecule has 0 aromatic heterocycles. The van der Waals surface area contributed by atoms with Crippen LogP contribution in [-0.2, 0) is 4.79 Å². The van der Waals surface area contributed by atoms with Crippen LogP contribution in [0.5, 0.6) is 0 Å². The molecule has 0 aromatic rings. The zero-order valence-corrected chi connectivity index (χ0v) is 8.92. The van der Waals surface area contributed by atoms with Crippen LogP contribution >= 0.6 is 0 Å². The fourth-order valence-corrected chi connectivity index (χ4v) is 1.63. The van der Waals surface area contributed by atoms with E-state index >= 15 is 0 Å². The molecule has 14 heavy (non-hydrogen) atoms. The molecule has 0 heterocycles. The standard InChI is InChI=1S/C12H18O2/c1-3-4-5-6-7-10-9(2)11(13)8-12(10)14/h5-6,11,13H,3-4,7-8H2,1-2H3/b6-5-/t11-/m0/s1. The first-order valence-corrected chi connectivity index (χ1v) is 5.22. The summed E-state index contributed by atoms with van der Waals surface area (Å²) in [4.78, 5) is 11.4. The van der Waals surface area contributed by atoms with Crippen molar-refractivity contribution in [3.05, 3.63) is 23.3 Å². The van der Waals surface area contributed by atoms with Crippen molar-refractivity contribution in [1.82, 2.24) is 0 Å². The Labute approximate surface area is 85.3 Å². The van der Waals surface area contributed by atoms with Gasteiger partial charge in [0.1, 0.15) is 0 Å². The molecule has 0 unspecified atom stereocenters. The van der Waals surface area contributed by atoms with Crippen LogP contribution in [0.2, 0.25) is 0 Å². The van der Waals surface area contributed by atoms with Crippen LogP contribution in [0.25, 0.3) is 0 Å². The lowest BCUT2D eigenvalue weighted by atomic mass is 10.1. The average molecular weight is 194 g/mol. The topological polar surface area (TPSA) is 37.3 Å². The Balaban J connectivity index is 2.55. The molecular formula is C12H18O2. The molecule has 1 aliphatic rings. The summed E-state index contributed by atoms with van der Waals surface area (Å²) in [5.74, 6) is 0.108. The molecule has 0 saturated carbocycles. The van der Waals surface area contributed by atoms with Crippen molar-refractivity contribution in [1.29, 1.82) is 0 Å². The maximum Gasteiger partial charge on any atom is 0.162 e. The lowest BCUT2D eigenvalue weighted by molar-refractivity contribution is -0.115. The number of Topliss-reactive ketones (excluding diaryl/α,β-unsaturated/α-hetero) is 1. The molecule has 1 rings (SSSR count). The number of aliphatic hydroxyl groups excluding tert-OH is 1. The highest BCUT2D eigenvalue weighted by Crippen LogP contribution is 2.25. The summed E-state index contributed by atoms with van der Waals surface area (Å²) in [5, 5.41) is 9.44. The number of carbonyl (C=O) groups excluding carboxylic acids is 1. The van der Waals surface area contributed by atoms with Crippen LogP contribution in [0.4, 0.5) is 0 Å². The van der Waals surface area contributed by atoms with Gasteiger partial charge in [0.25, 0.3) is 0 Å². The maximum absolute atomic E-state index is 11.4. The number of ketones is 1. The first-order valence-electron chi connectivity index (χ1n) is 5.22. The summed E-state index contributed by atoms with van der Waals surface area (Å²) in [6.07, 6.45) is 6.74. The van der Waals surface area contributed by atoms with E-state index in [2.05, 4.69) is 13.0 Å². The number of hydrogen-bond acceptors (Lipinski definition) is 2. The van der Waals surface area contributed by atoms with Gasteiger partial charge in [-0.05, 0) is 25.3 Å². The van der Waals surface area contributed by atoms with E-state index in [9.17, 15) is 9.90 Å². The van der Waals surface area contributed by atoms with Gasteiger partial charge < -0.3 is 5.11 Å². The maximum atomic E-state index is 11.4. The second-order valence-electron chi connectivity index (χ2n) is 3.77. The van der Waals surface area contributed by atoms with Gasteiger partial charge in [-0.2, -0.15) is 0 Å². The van der Waals surface area contributed by atoms with E-state index in [4.69, 9.17) is 0 Å². The largest absolute Gasteiger partial charge is 0.388 e. The van der Waals surface area contributed by atoms with Crippen LogP contribution in [0.15, 0.2) is 23.3 Å². The third-order valence-electron chi connectivity index (χ3n) is 2.64.